The molecule has 5 nitrogen and oxygen atoms in total. The summed E-state index contributed by atoms with van der Waals surface area (Å²) < 4.78 is 3.25. The van der Waals surface area contributed by atoms with Crippen molar-refractivity contribution in [3.05, 3.63) is 42.0 Å². The highest BCUT2D eigenvalue weighted by molar-refractivity contribution is 7.22. The molecule has 0 spiro atoms. The lowest BCUT2D eigenvalue weighted by molar-refractivity contribution is -0.122. The second-order valence-corrected chi connectivity index (χ2v) is 8.53. The molecule has 1 aliphatic carbocycles. The molecule has 0 aliphatic heterocycles. The van der Waals surface area contributed by atoms with Crippen molar-refractivity contribution >= 4 is 45.0 Å². The lowest BCUT2D eigenvalue weighted by Gasteiger charge is -2.23. The first kappa shape index (κ1) is 20.8. The number of fused-ring (bicyclic) bond motifs is 1. The highest BCUT2D eigenvalue weighted by Gasteiger charge is 2.29. The van der Waals surface area contributed by atoms with Crippen LogP contribution < -0.4 is 4.90 Å². The van der Waals surface area contributed by atoms with E-state index in [0.29, 0.717) is 6.54 Å². The van der Waals surface area contributed by atoms with Gasteiger partial charge in [-0.2, -0.15) is 0 Å². The molecule has 150 valence electrons. The molecule has 0 N–H and O–H groups in total. The molecule has 4 rings (SSSR count). The average Bonchev–Trinajstić information content (AvgIpc) is 3.38. The Labute approximate surface area is 176 Å². The summed E-state index contributed by atoms with van der Waals surface area (Å²) in [4.78, 5) is 24.1. The van der Waals surface area contributed by atoms with Crippen molar-refractivity contribution < 1.29 is 4.79 Å². The smallest absolute Gasteiger partial charge is 0.231 e. The number of amides is 1. The van der Waals surface area contributed by atoms with Gasteiger partial charge in [-0.05, 0) is 50.3 Å². The third-order valence-electron chi connectivity index (χ3n) is 5.37. The molecule has 7 heteroatoms. The topological polar surface area (TPSA) is 51.0 Å². The summed E-state index contributed by atoms with van der Waals surface area (Å²) in [7, 11) is 0. The Bertz CT molecular complexity index is 931. The molecular weight excluding hydrogens is 392 g/mol. The minimum absolute atomic E-state index is 0. The van der Waals surface area contributed by atoms with E-state index in [0.717, 1.165) is 49.3 Å². The number of hydrogen-bond acceptors (Lipinski definition) is 4. The minimum Gasteiger partial charge on any atom is -0.337 e. The van der Waals surface area contributed by atoms with Gasteiger partial charge in [0.1, 0.15) is 0 Å². The van der Waals surface area contributed by atoms with Crippen LogP contribution in [-0.4, -0.2) is 27.0 Å². The Morgan fingerprint density at radius 2 is 2.07 bits per heavy atom. The lowest BCUT2D eigenvalue weighted by atomic mass is 10.1. The minimum atomic E-state index is 0. The summed E-state index contributed by atoms with van der Waals surface area (Å²) in [5.41, 5.74) is 3.46. The van der Waals surface area contributed by atoms with Gasteiger partial charge in [0.2, 0.25) is 5.91 Å². The van der Waals surface area contributed by atoms with Crippen LogP contribution in [0.15, 0.2) is 30.9 Å². The van der Waals surface area contributed by atoms with Crippen molar-refractivity contribution in [3.8, 4) is 0 Å². The van der Waals surface area contributed by atoms with E-state index in [4.69, 9.17) is 4.98 Å². The van der Waals surface area contributed by atoms with Gasteiger partial charge < -0.3 is 4.57 Å². The van der Waals surface area contributed by atoms with E-state index >= 15 is 0 Å². The van der Waals surface area contributed by atoms with Crippen LogP contribution in [0.5, 0.6) is 0 Å². The number of carbonyl (C=O) groups is 1. The molecule has 0 bridgehead atoms. The summed E-state index contributed by atoms with van der Waals surface area (Å²) in [5, 5.41) is 0.848. The van der Waals surface area contributed by atoms with Crippen molar-refractivity contribution in [2.75, 3.05) is 11.4 Å². The lowest BCUT2D eigenvalue weighted by Crippen LogP contribution is -2.36. The molecule has 2 aromatic heterocycles. The fourth-order valence-electron chi connectivity index (χ4n) is 4.00. The molecule has 1 saturated carbocycles. The van der Waals surface area contributed by atoms with Gasteiger partial charge in [-0.25, -0.2) is 9.97 Å². The fraction of sp³-hybridized carbons (Fsp3) is 0.476. The number of hydrogen-bond donors (Lipinski definition) is 0. The number of halogens is 1. The second-order valence-electron chi connectivity index (χ2n) is 7.55. The molecule has 1 aromatic carbocycles. The zero-order valence-electron chi connectivity index (χ0n) is 16.4. The van der Waals surface area contributed by atoms with Crippen LogP contribution >= 0.6 is 23.7 Å². The van der Waals surface area contributed by atoms with Crippen LogP contribution in [0, 0.1) is 19.8 Å². The Balaban J connectivity index is 0.00000225. The molecule has 0 saturated heterocycles. The first-order chi connectivity index (χ1) is 13.1. The van der Waals surface area contributed by atoms with Crippen LogP contribution in [0.25, 0.3) is 10.2 Å². The van der Waals surface area contributed by atoms with Gasteiger partial charge in [0.05, 0.1) is 16.5 Å². The standard InChI is InChI=1S/C21H26N4OS.ClH/c1-15-12-16(2)19-18(13-15)23-21(27-19)25(20(26)17-6-3-4-7-17)10-5-9-24-11-8-22-14-24;/h8,11-14,17H,3-7,9-10H2,1-2H3;1H. The van der Waals surface area contributed by atoms with Gasteiger partial charge in [0.15, 0.2) is 5.13 Å². The maximum Gasteiger partial charge on any atom is 0.231 e. The van der Waals surface area contributed by atoms with Gasteiger partial charge in [0, 0.05) is 31.4 Å². The molecule has 0 radical (unpaired) electrons. The SMILES string of the molecule is Cc1cc(C)c2sc(N(CCCn3ccnc3)C(=O)C3CCCC3)nc2c1.Cl. The van der Waals surface area contributed by atoms with E-state index in [2.05, 4.69) is 35.5 Å². The van der Waals surface area contributed by atoms with Crippen molar-refractivity contribution in [1.29, 1.82) is 0 Å². The Kier molecular flexibility index (Phi) is 6.73. The van der Waals surface area contributed by atoms with Crippen LogP contribution in [0.3, 0.4) is 0 Å². The summed E-state index contributed by atoms with van der Waals surface area (Å²) in [6.07, 6.45) is 10.8. The number of carbonyl (C=O) groups excluding carboxylic acids is 1. The number of nitrogens with zero attached hydrogens (tertiary/aromatic N) is 4. The van der Waals surface area contributed by atoms with Crippen LogP contribution in [-0.2, 0) is 11.3 Å². The van der Waals surface area contributed by atoms with Gasteiger partial charge in [-0.15, -0.1) is 12.4 Å². The molecule has 1 aliphatic rings. The summed E-state index contributed by atoms with van der Waals surface area (Å²) >= 11 is 1.65. The number of imidazole rings is 1. The van der Waals surface area contributed by atoms with E-state index in [1.165, 1.54) is 15.8 Å². The van der Waals surface area contributed by atoms with Crippen LogP contribution in [0.1, 0.15) is 43.2 Å². The number of benzene rings is 1. The molecule has 1 amide bonds. The maximum atomic E-state index is 13.2. The Hall–Kier alpha value is -1.92. The number of anilines is 1. The quantitative estimate of drug-likeness (QED) is 0.556. The molecule has 28 heavy (non-hydrogen) atoms. The zero-order valence-corrected chi connectivity index (χ0v) is 18.1. The van der Waals surface area contributed by atoms with Crippen molar-refractivity contribution in [2.24, 2.45) is 5.92 Å². The van der Waals surface area contributed by atoms with Crippen LogP contribution in [0.4, 0.5) is 5.13 Å². The number of aromatic nitrogens is 3. The molecule has 0 unspecified atom stereocenters. The zero-order chi connectivity index (χ0) is 18.8. The molecular formula is C21H27ClN4OS. The van der Waals surface area contributed by atoms with E-state index in [1.54, 1.807) is 17.5 Å². The third kappa shape index (κ3) is 4.39. The monoisotopic (exact) mass is 418 g/mol. The highest BCUT2D eigenvalue weighted by Crippen LogP contribution is 2.35. The van der Waals surface area contributed by atoms with Crippen molar-refractivity contribution in [1.82, 2.24) is 14.5 Å². The molecule has 1 fully saturated rings. The Morgan fingerprint density at radius 1 is 1.29 bits per heavy atom. The normalized spacial score (nSPS) is 14.4. The third-order valence-corrected chi connectivity index (χ3v) is 6.60. The first-order valence-electron chi connectivity index (χ1n) is 9.77. The summed E-state index contributed by atoms with van der Waals surface area (Å²) in [6.45, 7) is 5.78. The number of aryl methyl sites for hydroxylation is 3. The molecule has 2 heterocycles. The van der Waals surface area contributed by atoms with Gasteiger partial charge in [-0.1, -0.05) is 30.2 Å². The van der Waals surface area contributed by atoms with Crippen LogP contribution in [0.2, 0.25) is 0 Å². The summed E-state index contributed by atoms with van der Waals surface area (Å²) in [6, 6.07) is 4.30. The van der Waals surface area contributed by atoms with Crippen molar-refractivity contribution in [2.45, 2.75) is 52.5 Å². The molecule has 0 atom stereocenters. The predicted molar refractivity (Wildman–Crippen MR) is 117 cm³/mol. The van der Waals surface area contributed by atoms with Gasteiger partial charge in [-0.3, -0.25) is 9.69 Å². The summed E-state index contributed by atoms with van der Waals surface area (Å²) in [5.74, 6) is 0.416. The van der Waals surface area contributed by atoms with Crippen molar-refractivity contribution in [3.63, 3.8) is 0 Å². The number of thiazole rings is 1. The predicted octanol–water partition coefficient (Wildman–Crippen LogP) is 5.14. The number of rotatable bonds is 6. The van der Waals surface area contributed by atoms with Gasteiger partial charge in [0.25, 0.3) is 0 Å². The maximum absolute atomic E-state index is 13.2. The highest BCUT2D eigenvalue weighted by atomic mass is 35.5. The Morgan fingerprint density at radius 3 is 2.79 bits per heavy atom. The van der Waals surface area contributed by atoms with E-state index in [-0.39, 0.29) is 24.2 Å². The fourth-order valence-corrected chi connectivity index (χ4v) is 5.05. The largest absolute Gasteiger partial charge is 0.337 e. The average molecular weight is 419 g/mol. The van der Waals surface area contributed by atoms with E-state index in [1.807, 2.05) is 17.4 Å². The molecule has 3 aromatic rings. The second kappa shape index (κ2) is 9.05. The first-order valence-corrected chi connectivity index (χ1v) is 10.6. The van der Waals surface area contributed by atoms with Gasteiger partial charge >= 0.3 is 0 Å². The van der Waals surface area contributed by atoms with E-state index < -0.39 is 0 Å². The van der Waals surface area contributed by atoms with E-state index in [9.17, 15) is 4.79 Å².